The number of amides is 1. The predicted octanol–water partition coefficient (Wildman–Crippen LogP) is 0.0239. The highest BCUT2D eigenvalue weighted by Crippen LogP contribution is 2.22. The molecule has 0 fully saturated rings. The minimum absolute atomic E-state index is 0.0541. The molecule has 0 unspecified atom stereocenters. The first-order valence-corrected chi connectivity index (χ1v) is 7.40. The maximum atomic E-state index is 14.0. The standard InChI is InChI=1S/C16H17BFN3O4/c1-9-7-11(15(23)20-25-6-5-22)14(21(2)16(9)24)19-13-4-3-10(17)8-12(13)18/h3-4,7-8,19,22H,5-6H2,1-2H3,(H,20,23). The number of aliphatic hydroxyl groups excluding tert-OH is 1. The first-order chi connectivity index (χ1) is 11.8. The lowest BCUT2D eigenvalue weighted by Gasteiger charge is -2.17. The van der Waals surface area contributed by atoms with Gasteiger partial charge >= 0.3 is 0 Å². The molecule has 0 aliphatic carbocycles. The third-order valence-corrected chi connectivity index (χ3v) is 3.44. The number of benzene rings is 1. The summed E-state index contributed by atoms with van der Waals surface area (Å²) in [4.78, 5) is 29.3. The number of nitrogens with zero attached hydrogens (tertiary/aromatic N) is 1. The third kappa shape index (κ3) is 4.26. The average Bonchev–Trinajstić information content (AvgIpc) is 2.57. The quantitative estimate of drug-likeness (QED) is 0.390. The first kappa shape index (κ1) is 18.7. The van der Waals surface area contributed by atoms with Gasteiger partial charge in [0.25, 0.3) is 11.5 Å². The van der Waals surface area contributed by atoms with Gasteiger partial charge < -0.3 is 10.4 Å². The van der Waals surface area contributed by atoms with Gasteiger partial charge in [-0.3, -0.25) is 19.0 Å². The lowest BCUT2D eigenvalue weighted by Crippen LogP contribution is -2.30. The molecule has 9 heteroatoms. The summed E-state index contributed by atoms with van der Waals surface area (Å²) in [6.07, 6.45) is 0. The smallest absolute Gasteiger partial charge is 0.278 e. The van der Waals surface area contributed by atoms with Crippen LogP contribution in [0.25, 0.3) is 0 Å². The van der Waals surface area contributed by atoms with Crippen LogP contribution in [0.3, 0.4) is 0 Å². The zero-order chi connectivity index (χ0) is 18.6. The largest absolute Gasteiger partial charge is 0.394 e. The van der Waals surface area contributed by atoms with Crippen molar-refractivity contribution in [1.82, 2.24) is 10.0 Å². The van der Waals surface area contributed by atoms with E-state index < -0.39 is 11.7 Å². The van der Waals surface area contributed by atoms with Crippen LogP contribution in [-0.2, 0) is 11.9 Å². The number of nitrogens with one attached hydrogen (secondary N) is 2. The summed E-state index contributed by atoms with van der Waals surface area (Å²) in [6.45, 7) is 1.20. The Balaban J connectivity index is 2.45. The first-order valence-electron chi connectivity index (χ1n) is 7.40. The van der Waals surface area contributed by atoms with E-state index in [0.29, 0.717) is 5.56 Å². The van der Waals surface area contributed by atoms with Gasteiger partial charge in [0.05, 0.1) is 24.5 Å². The van der Waals surface area contributed by atoms with Gasteiger partial charge in [0.15, 0.2) is 0 Å². The summed E-state index contributed by atoms with van der Waals surface area (Å²) >= 11 is 0. The number of pyridine rings is 1. The van der Waals surface area contributed by atoms with E-state index in [1.54, 1.807) is 6.92 Å². The Morgan fingerprint density at radius 3 is 2.76 bits per heavy atom. The topological polar surface area (TPSA) is 92.6 Å². The van der Waals surface area contributed by atoms with Crippen molar-refractivity contribution in [2.75, 3.05) is 18.5 Å². The Morgan fingerprint density at radius 2 is 2.12 bits per heavy atom. The van der Waals surface area contributed by atoms with Crippen LogP contribution in [0.1, 0.15) is 15.9 Å². The number of halogens is 1. The second-order valence-corrected chi connectivity index (χ2v) is 5.32. The zero-order valence-electron chi connectivity index (χ0n) is 13.8. The minimum Gasteiger partial charge on any atom is -0.394 e. The molecule has 1 amide bonds. The molecule has 2 aromatic rings. The fraction of sp³-hybridized carbons (Fsp3) is 0.250. The van der Waals surface area contributed by atoms with Crippen LogP contribution >= 0.6 is 0 Å². The van der Waals surface area contributed by atoms with Crippen molar-refractivity contribution in [3.63, 3.8) is 0 Å². The van der Waals surface area contributed by atoms with E-state index in [-0.39, 0.29) is 41.3 Å². The number of hydrogen-bond acceptors (Lipinski definition) is 5. The minimum atomic E-state index is -0.648. The molecule has 0 aliphatic rings. The molecule has 0 bridgehead atoms. The fourth-order valence-electron chi connectivity index (χ4n) is 2.20. The molecule has 0 saturated heterocycles. The number of hydroxylamine groups is 1. The van der Waals surface area contributed by atoms with Gasteiger partial charge in [-0.05, 0) is 25.1 Å². The molecule has 3 N–H and O–H groups in total. The van der Waals surface area contributed by atoms with Gasteiger partial charge in [0.2, 0.25) is 0 Å². The number of carbonyl (C=O) groups excluding carboxylic acids is 1. The van der Waals surface area contributed by atoms with Crippen LogP contribution in [0.15, 0.2) is 29.1 Å². The number of carbonyl (C=O) groups is 1. The van der Waals surface area contributed by atoms with E-state index in [1.165, 1.54) is 29.8 Å². The normalized spacial score (nSPS) is 10.6. The Morgan fingerprint density at radius 1 is 1.40 bits per heavy atom. The second kappa shape index (κ2) is 7.95. The average molecular weight is 345 g/mol. The Hall–Kier alpha value is -2.65. The molecule has 130 valence electrons. The molecule has 25 heavy (non-hydrogen) atoms. The monoisotopic (exact) mass is 345 g/mol. The fourth-order valence-corrected chi connectivity index (χ4v) is 2.20. The molecule has 0 spiro atoms. The summed E-state index contributed by atoms with van der Waals surface area (Å²) in [5.41, 5.74) is 2.52. The van der Waals surface area contributed by atoms with Crippen LogP contribution in [0.5, 0.6) is 0 Å². The highest BCUT2D eigenvalue weighted by molar-refractivity contribution is 6.32. The molecule has 0 saturated carbocycles. The van der Waals surface area contributed by atoms with Gasteiger partial charge in [-0.25, -0.2) is 9.87 Å². The van der Waals surface area contributed by atoms with Gasteiger partial charge in [0.1, 0.15) is 19.5 Å². The molecular formula is C16H17BFN3O4. The summed E-state index contributed by atoms with van der Waals surface area (Å²) < 4.78 is 15.2. The number of anilines is 2. The van der Waals surface area contributed by atoms with Crippen molar-refractivity contribution < 1.29 is 19.1 Å². The van der Waals surface area contributed by atoms with Crippen LogP contribution < -0.4 is 21.8 Å². The summed E-state index contributed by atoms with van der Waals surface area (Å²) in [5.74, 6) is -1.19. The highest BCUT2D eigenvalue weighted by atomic mass is 19.1. The van der Waals surface area contributed by atoms with E-state index in [9.17, 15) is 14.0 Å². The number of aromatic nitrogens is 1. The van der Waals surface area contributed by atoms with Gasteiger partial charge in [0, 0.05) is 12.6 Å². The highest BCUT2D eigenvalue weighted by Gasteiger charge is 2.18. The number of aryl methyl sites for hydroxylation is 1. The molecule has 2 rings (SSSR count). The van der Waals surface area contributed by atoms with Gasteiger partial charge in [-0.2, -0.15) is 0 Å². The lowest BCUT2D eigenvalue weighted by molar-refractivity contribution is 0.0168. The Bertz CT molecular complexity index is 854. The van der Waals surface area contributed by atoms with Crippen LogP contribution in [-0.4, -0.2) is 36.6 Å². The van der Waals surface area contributed by atoms with E-state index >= 15 is 0 Å². The van der Waals surface area contributed by atoms with Crippen molar-refractivity contribution >= 4 is 30.7 Å². The number of aliphatic hydroxyl groups is 1. The molecule has 2 radical (unpaired) electrons. The van der Waals surface area contributed by atoms with E-state index in [2.05, 4.69) is 10.8 Å². The predicted molar refractivity (Wildman–Crippen MR) is 92.0 cm³/mol. The van der Waals surface area contributed by atoms with Crippen molar-refractivity contribution in [3.05, 3.63) is 51.6 Å². The molecule has 0 aliphatic heterocycles. The van der Waals surface area contributed by atoms with Gasteiger partial charge in [-0.15, -0.1) is 0 Å². The summed E-state index contributed by atoms with van der Waals surface area (Å²) in [5, 5.41) is 11.4. The maximum absolute atomic E-state index is 14.0. The molecule has 7 nitrogen and oxygen atoms in total. The molecular weight excluding hydrogens is 328 g/mol. The van der Waals surface area contributed by atoms with E-state index in [0.717, 1.165) is 6.07 Å². The molecule has 1 aromatic heterocycles. The van der Waals surface area contributed by atoms with Gasteiger partial charge in [-0.1, -0.05) is 11.5 Å². The van der Waals surface area contributed by atoms with Crippen molar-refractivity contribution in [1.29, 1.82) is 0 Å². The lowest BCUT2D eigenvalue weighted by atomic mass is 9.96. The summed E-state index contributed by atoms with van der Waals surface area (Å²) in [7, 11) is 6.97. The Labute approximate surface area is 144 Å². The molecule has 1 aromatic carbocycles. The number of hydrogen-bond donors (Lipinski definition) is 3. The number of rotatable bonds is 6. The van der Waals surface area contributed by atoms with E-state index in [4.69, 9.17) is 17.8 Å². The maximum Gasteiger partial charge on any atom is 0.278 e. The third-order valence-electron chi connectivity index (χ3n) is 3.44. The van der Waals surface area contributed by atoms with Crippen molar-refractivity contribution in [2.45, 2.75) is 6.92 Å². The summed E-state index contributed by atoms with van der Waals surface area (Å²) in [6, 6.07) is 5.39. The zero-order valence-corrected chi connectivity index (χ0v) is 13.8. The molecule has 1 heterocycles. The van der Waals surface area contributed by atoms with E-state index in [1.807, 2.05) is 0 Å². The molecule has 0 atom stereocenters. The SMILES string of the molecule is [B]c1ccc(Nc2c(C(=O)NOCCO)cc(C)c(=O)n2C)c(F)c1. The van der Waals surface area contributed by atoms with Crippen LogP contribution in [0.4, 0.5) is 15.9 Å². The van der Waals surface area contributed by atoms with Crippen molar-refractivity contribution in [3.8, 4) is 0 Å². The van der Waals surface area contributed by atoms with Crippen LogP contribution in [0.2, 0.25) is 0 Å². The second-order valence-electron chi connectivity index (χ2n) is 5.32. The van der Waals surface area contributed by atoms with Crippen molar-refractivity contribution in [2.24, 2.45) is 7.05 Å². The van der Waals surface area contributed by atoms with Crippen LogP contribution in [0, 0.1) is 12.7 Å². The Kier molecular flexibility index (Phi) is 5.95.